The molecule has 0 radical (unpaired) electrons. The molecule has 20 heavy (non-hydrogen) atoms. The van der Waals surface area contributed by atoms with Gasteiger partial charge in [-0.1, -0.05) is 32.4 Å². The first-order chi connectivity index (χ1) is 9.65. The average molecular weight is 292 g/mol. The zero-order chi connectivity index (χ0) is 14.4. The van der Waals surface area contributed by atoms with Crippen molar-refractivity contribution in [1.29, 1.82) is 0 Å². The number of hydrogen-bond acceptors (Lipinski definition) is 3. The summed E-state index contributed by atoms with van der Waals surface area (Å²) in [6.07, 6.45) is 3.21. The molecule has 1 heterocycles. The van der Waals surface area contributed by atoms with E-state index in [4.69, 9.17) is 0 Å². The van der Waals surface area contributed by atoms with Crippen molar-refractivity contribution in [2.45, 2.75) is 55.8 Å². The van der Waals surface area contributed by atoms with E-state index < -0.39 is 0 Å². The van der Waals surface area contributed by atoms with Crippen molar-refractivity contribution < 1.29 is 4.79 Å². The van der Waals surface area contributed by atoms with E-state index >= 15 is 0 Å². The molecule has 1 aliphatic rings. The minimum atomic E-state index is 0.0668. The van der Waals surface area contributed by atoms with E-state index in [1.54, 1.807) is 11.8 Å². The summed E-state index contributed by atoms with van der Waals surface area (Å²) in [4.78, 5) is 13.1. The number of hydrogen-bond donors (Lipinski definition) is 2. The summed E-state index contributed by atoms with van der Waals surface area (Å²) in [5.41, 5.74) is 1.29. The van der Waals surface area contributed by atoms with Crippen molar-refractivity contribution in [1.82, 2.24) is 10.6 Å². The highest BCUT2D eigenvalue weighted by molar-refractivity contribution is 8.00. The molecule has 1 atom stereocenters. The maximum atomic E-state index is 11.9. The lowest BCUT2D eigenvalue weighted by atomic mass is 10.2. The van der Waals surface area contributed by atoms with Crippen LogP contribution in [0.25, 0.3) is 0 Å². The van der Waals surface area contributed by atoms with Crippen molar-refractivity contribution >= 4 is 17.7 Å². The Morgan fingerprint density at radius 2 is 2.05 bits per heavy atom. The fourth-order valence-electron chi connectivity index (χ4n) is 2.20. The van der Waals surface area contributed by atoms with Gasteiger partial charge < -0.3 is 10.6 Å². The number of carbonyl (C=O) groups is 1. The van der Waals surface area contributed by atoms with Gasteiger partial charge in [0.2, 0.25) is 5.91 Å². The van der Waals surface area contributed by atoms with Gasteiger partial charge in [0, 0.05) is 24.0 Å². The number of amides is 1. The molecule has 110 valence electrons. The van der Waals surface area contributed by atoms with Gasteiger partial charge in [-0.05, 0) is 30.5 Å². The number of carbonyl (C=O) groups excluding carboxylic acids is 1. The van der Waals surface area contributed by atoms with Crippen LogP contribution in [-0.4, -0.2) is 23.7 Å². The fourth-order valence-corrected chi connectivity index (χ4v) is 3.29. The van der Waals surface area contributed by atoms with Gasteiger partial charge in [0.25, 0.3) is 0 Å². The molecule has 0 spiro atoms. The van der Waals surface area contributed by atoms with Gasteiger partial charge in [0.15, 0.2) is 0 Å². The minimum absolute atomic E-state index is 0.0668. The van der Waals surface area contributed by atoms with Crippen LogP contribution in [0.2, 0.25) is 0 Å². The van der Waals surface area contributed by atoms with Crippen molar-refractivity contribution in [3.63, 3.8) is 0 Å². The first-order valence-electron chi connectivity index (χ1n) is 7.42. The molecule has 0 saturated carbocycles. The van der Waals surface area contributed by atoms with Gasteiger partial charge in [-0.25, -0.2) is 0 Å². The van der Waals surface area contributed by atoms with Crippen molar-refractivity contribution in [2.75, 3.05) is 6.54 Å². The Morgan fingerprint density at radius 1 is 1.30 bits per heavy atom. The van der Waals surface area contributed by atoms with Crippen molar-refractivity contribution in [3.05, 3.63) is 29.8 Å². The minimum Gasteiger partial charge on any atom is -0.355 e. The predicted molar refractivity (Wildman–Crippen MR) is 84.9 cm³/mol. The maximum absolute atomic E-state index is 11.9. The molecule has 0 aromatic heterocycles. The Morgan fingerprint density at radius 3 is 2.75 bits per heavy atom. The van der Waals surface area contributed by atoms with Crippen LogP contribution in [0.3, 0.4) is 0 Å². The second-order valence-corrected chi connectivity index (χ2v) is 6.85. The normalized spacial score (nSPS) is 19.8. The van der Waals surface area contributed by atoms with Gasteiger partial charge in [-0.15, -0.1) is 11.8 Å². The Balaban J connectivity index is 1.90. The third kappa shape index (κ3) is 4.84. The van der Waals surface area contributed by atoms with Gasteiger partial charge >= 0.3 is 0 Å². The van der Waals surface area contributed by atoms with E-state index in [2.05, 4.69) is 48.7 Å². The second-order valence-electron chi connectivity index (χ2n) is 5.57. The Kier molecular flexibility index (Phi) is 5.92. The molecular weight excluding hydrogens is 268 g/mol. The van der Waals surface area contributed by atoms with E-state index in [9.17, 15) is 4.79 Å². The summed E-state index contributed by atoms with van der Waals surface area (Å²) >= 11 is 1.69. The molecule has 1 amide bonds. The van der Waals surface area contributed by atoms with E-state index in [-0.39, 0.29) is 11.2 Å². The van der Waals surface area contributed by atoms with Crippen LogP contribution in [0, 0.1) is 0 Å². The molecule has 0 aliphatic carbocycles. The Bertz CT molecular complexity index is 431. The summed E-state index contributed by atoms with van der Waals surface area (Å²) in [5, 5.41) is 6.46. The summed E-state index contributed by atoms with van der Waals surface area (Å²) in [6.45, 7) is 6.02. The monoisotopic (exact) mass is 292 g/mol. The highest BCUT2D eigenvalue weighted by Gasteiger charge is 2.21. The smallest absolute Gasteiger partial charge is 0.233 e. The van der Waals surface area contributed by atoms with Crippen molar-refractivity contribution in [3.8, 4) is 0 Å². The van der Waals surface area contributed by atoms with Crippen LogP contribution in [0.1, 0.15) is 38.7 Å². The molecule has 3 nitrogen and oxygen atoms in total. The third-order valence-electron chi connectivity index (χ3n) is 3.40. The Labute approximate surface area is 125 Å². The third-order valence-corrected chi connectivity index (χ3v) is 4.68. The molecule has 2 N–H and O–H groups in total. The molecule has 4 heteroatoms. The topological polar surface area (TPSA) is 41.1 Å². The number of rotatable bonds is 5. The second kappa shape index (κ2) is 7.70. The molecule has 0 bridgehead atoms. The fraction of sp³-hybridized carbons (Fsp3) is 0.562. The first-order valence-corrected chi connectivity index (χ1v) is 8.30. The molecule has 1 saturated heterocycles. The van der Waals surface area contributed by atoms with Crippen LogP contribution in [0.4, 0.5) is 0 Å². The molecule has 1 aromatic carbocycles. The van der Waals surface area contributed by atoms with Crippen molar-refractivity contribution in [2.24, 2.45) is 0 Å². The SMILES string of the molecule is CC(C)NCc1ccc(SC2CCCCNC2=O)cc1. The van der Waals surface area contributed by atoms with Gasteiger partial charge in [-0.2, -0.15) is 0 Å². The zero-order valence-corrected chi connectivity index (χ0v) is 13.1. The molecular formula is C16H24N2OS. The molecule has 2 rings (SSSR count). The van der Waals surface area contributed by atoms with Crippen LogP contribution >= 0.6 is 11.8 Å². The van der Waals surface area contributed by atoms with Crippen LogP contribution in [-0.2, 0) is 11.3 Å². The van der Waals surface area contributed by atoms with E-state index in [1.165, 1.54) is 10.5 Å². The molecule has 1 fully saturated rings. The van der Waals surface area contributed by atoms with Gasteiger partial charge in [0.05, 0.1) is 5.25 Å². The van der Waals surface area contributed by atoms with E-state index in [0.29, 0.717) is 6.04 Å². The van der Waals surface area contributed by atoms with Crippen LogP contribution in [0.5, 0.6) is 0 Å². The predicted octanol–water partition coefficient (Wildman–Crippen LogP) is 2.95. The summed E-state index contributed by atoms with van der Waals surface area (Å²) in [7, 11) is 0. The average Bonchev–Trinajstić information content (AvgIpc) is 2.63. The lowest BCUT2D eigenvalue weighted by Gasteiger charge is -2.13. The molecule has 1 unspecified atom stereocenters. The molecule has 1 aromatic rings. The molecule has 1 aliphatic heterocycles. The quantitative estimate of drug-likeness (QED) is 0.876. The summed E-state index contributed by atoms with van der Waals surface area (Å²) < 4.78 is 0. The standard InChI is InChI=1S/C16H24N2OS/c1-12(2)18-11-13-6-8-14(9-7-13)20-15-5-3-4-10-17-16(15)19/h6-9,12,15,18H,3-5,10-11H2,1-2H3,(H,17,19). The number of thioether (sulfide) groups is 1. The highest BCUT2D eigenvalue weighted by atomic mass is 32.2. The van der Waals surface area contributed by atoms with Crippen LogP contribution in [0.15, 0.2) is 29.2 Å². The van der Waals surface area contributed by atoms with E-state index in [1.807, 2.05) is 0 Å². The lowest BCUT2D eigenvalue weighted by Crippen LogP contribution is -2.30. The van der Waals surface area contributed by atoms with Gasteiger partial charge in [-0.3, -0.25) is 4.79 Å². The zero-order valence-electron chi connectivity index (χ0n) is 12.3. The summed E-state index contributed by atoms with van der Waals surface area (Å²) in [6, 6.07) is 9.04. The number of benzene rings is 1. The largest absolute Gasteiger partial charge is 0.355 e. The van der Waals surface area contributed by atoms with Crippen LogP contribution < -0.4 is 10.6 Å². The van der Waals surface area contributed by atoms with E-state index in [0.717, 1.165) is 32.4 Å². The summed E-state index contributed by atoms with van der Waals surface area (Å²) in [5.74, 6) is 0.193. The highest BCUT2D eigenvalue weighted by Crippen LogP contribution is 2.28. The van der Waals surface area contributed by atoms with Gasteiger partial charge in [0.1, 0.15) is 0 Å². The first kappa shape index (κ1) is 15.4. The Hall–Kier alpha value is -1.00. The number of nitrogens with one attached hydrogen (secondary N) is 2. The maximum Gasteiger partial charge on any atom is 0.233 e. The lowest BCUT2D eigenvalue weighted by molar-refractivity contribution is -0.120.